The number of carbonyl (C=O) groups is 1. The SMILES string of the molecule is N/C(=N/O)C(NC(=O)CC1CCCCC1)C1CCCCC1. The summed E-state index contributed by atoms with van der Waals surface area (Å²) in [5.74, 6) is 1.03. The highest BCUT2D eigenvalue weighted by atomic mass is 16.4. The Balaban J connectivity index is 1.89. The van der Waals surface area contributed by atoms with Crippen molar-refractivity contribution in [3.63, 3.8) is 0 Å². The molecule has 0 aliphatic heterocycles. The first-order valence-corrected chi connectivity index (χ1v) is 8.47. The summed E-state index contributed by atoms with van der Waals surface area (Å²) in [7, 11) is 0. The minimum atomic E-state index is -0.300. The van der Waals surface area contributed by atoms with Crippen molar-refractivity contribution in [2.45, 2.75) is 76.7 Å². The highest BCUT2D eigenvalue weighted by Crippen LogP contribution is 2.28. The average Bonchev–Trinajstić information content (AvgIpc) is 2.53. The van der Waals surface area contributed by atoms with E-state index in [1.54, 1.807) is 0 Å². The van der Waals surface area contributed by atoms with Crippen LogP contribution in [0.25, 0.3) is 0 Å². The third kappa shape index (κ3) is 4.90. The zero-order valence-corrected chi connectivity index (χ0v) is 12.9. The van der Waals surface area contributed by atoms with Crippen molar-refractivity contribution in [3.8, 4) is 0 Å². The Morgan fingerprint density at radius 2 is 1.67 bits per heavy atom. The van der Waals surface area contributed by atoms with Crippen LogP contribution in [0.5, 0.6) is 0 Å². The van der Waals surface area contributed by atoms with Crippen LogP contribution in [0.2, 0.25) is 0 Å². The molecule has 0 aromatic carbocycles. The monoisotopic (exact) mass is 295 g/mol. The van der Waals surface area contributed by atoms with Gasteiger partial charge in [0.05, 0.1) is 6.04 Å². The average molecular weight is 295 g/mol. The number of amides is 1. The Bertz CT molecular complexity index is 359. The van der Waals surface area contributed by atoms with E-state index in [1.165, 1.54) is 38.5 Å². The number of hydrogen-bond donors (Lipinski definition) is 3. The van der Waals surface area contributed by atoms with E-state index in [0.29, 0.717) is 18.3 Å². The molecule has 2 aliphatic rings. The van der Waals surface area contributed by atoms with Crippen LogP contribution < -0.4 is 11.1 Å². The topological polar surface area (TPSA) is 87.7 Å². The van der Waals surface area contributed by atoms with E-state index < -0.39 is 0 Å². The van der Waals surface area contributed by atoms with Gasteiger partial charge in [0.1, 0.15) is 0 Å². The molecule has 0 radical (unpaired) electrons. The fraction of sp³-hybridized carbons (Fsp3) is 0.875. The second-order valence-corrected chi connectivity index (χ2v) is 6.68. The van der Waals surface area contributed by atoms with Gasteiger partial charge in [0.15, 0.2) is 5.84 Å². The minimum absolute atomic E-state index is 0.0593. The maximum absolute atomic E-state index is 12.3. The first-order chi connectivity index (χ1) is 10.2. The van der Waals surface area contributed by atoms with Gasteiger partial charge in [-0.1, -0.05) is 43.7 Å². The Morgan fingerprint density at radius 3 is 2.24 bits per heavy atom. The molecule has 0 aromatic rings. The minimum Gasteiger partial charge on any atom is -0.409 e. The molecule has 1 atom stereocenters. The summed E-state index contributed by atoms with van der Waals surface area (Å²) in [5.41, 5.74) is 5.81. The van der Waals surface area contributed by atoms with Crippen molar-refractivity contribution >= 4 is 11.7 Å². The fourth-order valence-electron chi connectivity index (χ4n) is 3.85. The van der Waals surface area contributed by atoms with Crippen LogP contribution in [0, 0.1) is 11.8 Å². The summed E-state index contributed by atoms with van der Waals surface area (Å²) in [6.45, 7) is 0. The first kappa shape index (κ1) is 16.1. The number of hydrogen-bond acceptors (Lipinski definition) is 3. The number of nitrogens with zero attached hydrogens (tertiary/aromatic N) is 1. The second-order valence-electron chi connectivity index (χ2n) is 6.68. The number of carbonyl (C=O) groups excluding carboxylic acids is 1. The summed E-state index contributed by atoms with van der Waals surface area (Å²) in [6.07, 6.45) is 12.3. The Kier molecular flexibility index (Phi) is 6.33. The molecular formula is C16H29N3O2. The molecular weight excluding hydrogens is 266 g/mol. The van der Waals surface area contributed by atoms with Gasteiger partial charge in [-0.25, -0.2) is 0 Å². The van der Waals surface area contributed by atoms with Gasteiger partial charge >= 0.3 is 0 Å². The smallest absolute Gasteiger partial charge is 0.220 e. The van der Waals surface area contributed by atoms with Crippen molar-refractivity contribution < 1.29 is 10.0 Å². The number of nitrogens with two attached hydrogens (primary N) is 1. The lowest BCUT2D eigenvalue weighted by Gasteiger charge is -2.30. The lowest BCUT2D eigenvalue weighted by molar-refractivity contribution is -0.122. The summed E-state index contributed by atoms with van der Waals surface area (Å²) in [6, 6.07) is -0.300. The molecule has 5 heteroatoms. The van der Waals surface area contributed by atoms with Crippen LogP contribution in [0.1, 0.15) is 70.6 Å². The number of nitrogens with one attached hydrogen (secondary N) is 1. The molecule has 4 N–H and O–H groups in total. The van der Waals surface area contributed by atoms with Crippen molar-refractivity contribution in [1.82, 2.24) is 5.32 Å². The molecule has 1 amide bonds. The van der Waals surface area contributed by atoms with Crippen molar-refractivity contribution in [2.24, 2.45) is 22.7 Å². The number of oxime groups is 1. The van der Waals surface area contributed by atoms with Gasteiger partial charge in [-0.05, 0) is 37.5 Å². The van der Waals surface area contributed by atoms with E-state index in [4.69, 9.17) is 10.9 Å². The van der Waals surface area contributed by atoms with Gasteiger partial charge in [0, 0.05) is 6.42 Å². The molecule has 0 bridgehead atoms. The zero-order chi connectivity index (χ0) is 15.1. The standard InChI is InChI=1S/C16H29N3O2/c17-16(19-21)15(13-9-5-2-6-10-13)18-14(20)11-12-7-3-1-4-8-12/h12-13,15,21H,1-11H2,(H2,17,19)(H,18,20). The van der Waals surface area contributed by atoms with Crippen molar-refractivity contribution in [2.75, 3.05) is 0 Å². The first-order valence-electron chi connectivity index (χ1n) is 8.47. The number of amidine groups is 1. The maximum Gasteiger partial charge on any atom is 0.220 e. The molecule has 0 heterocycles. The summed E-state index contributed by atoms with van der Waals surface area (Å²) in [4.78, 5) is 12.3. The predicted molar refractivity (Wildman–Crippen MR) is 83.1 cm³/mol. The van der Waals surface area contributed by atoms with Gasteiger partial charge in [0.2, 0.25) is 5.91 Å². The van der Waals surface area contributed by atoms with E-state index in [0.717, 1.165) is 25.7 Å². The lowest BCUT2D eigenvalue weighted by atomic mass is 9.83. The molecule has 1 unspecified atom stereocenters. The highest BCUT2D eigenvalue weighted by Gasteiger charge is 2.29. The van der Waals surface area contributed by atoms with E-state index >= 15 is 0 Å². The Morgan fingerprint density at radius 1 is 1.10 bits per heavy atom. The Hall–Kier alpha value is -1.26. The van der Waals surface area contributed by atoms with E-state index in [-0.39, 0.29) is 17.8 Å². The quantitative estimate of drug-likeness (QED) is 0.315. The molecule has 5 nitrogen and oxygen atoms in total. The lowest BCUT2D eigenvalue weighted by Crippen LogP contribution is -2.50. The second kappa shape index (κ2) is 8.25. The summed E-state index contributed by atoms with van der Waals surface area (Å²) >= 11 is 0. The molecule has 21 heavy (non-hydrogen) atoms. The van der Waals surface area contributed by atoms with Crippen LogP contribution >= 0.6 is 0 Å². The summed E-state index contributed by atoms with van der Waals surface area (Å²) in [5, 5.41) is 15.2. The van der Waals surface area contributed by atoms with E-state index in [1.807, 2.05) is 0 Å². The van der Waals surface area contributed by atoms with Crippen molar-refractivity contribution in [1.29, 1.82) is 0 Å². The van der Waals surface area contributed by atoms with Crippen LogP contribution in [0.3, 0.4) is 0 Å². The molecule has 2 aliphatic carbocycles. The molecule has 0 aromatic heterocycles. The molecule has 2 fully saturated rings. The van der Waals surface area contributed by atoms with E-state index in [2.05, 4.69) is 10.5 Å². The highest BCUT2D eigenvalue weighted by molar-refractivity contribution is 5.90. The normalized spacial score (nSPS) is 23.7. The molecule has 2 saturated carbocycles. The van der Waals surface area contributed by atoms with Gasteiger partial charge in [-0.15, -0.1) is 0 Å². The van der Waals surface area contributed by atoms with Crippen LogP contribution in [0.15, 0.2) is 5.16 Å². The summed E-state index contributed by atoms with van der Waals surface area (Å²) < 4.78 is 0. The van der Waals surface area contributed by atoms with Crippen LogP contribution in [0.4, 0.5) is 0 Å². The largest absolute Gasteiger partial charge is 0.409 e. The molecule has 0 spiro atoms. The zero-order valence-electron chi connectivity index (χ0n) is 12.9. The number of rotatable bonds is 5. The van der Waals surface area contributed by atoms with Gasteiger partial charge < -0.3 is 16.3 Å². The van der Waals surface area contributed by atoms with Crippen molar-refractivity contribution in [3.05, 3.63) is 0 Å². The van der Waals surface area contributed by atoms with E-state index in [9.17, 15) is 4.79 Å². The van der Waals surface area contributed by atoms with Gasteiger partial charge in [0.25, 0.3) is 0 Å². The maximum atomic E-state index is 12.3. The van der Waals surface area contributed by atoms with Gasteiger partial charge in [-0.2, -0.15) is 0 Å². The van der Waals surface area contributed by atoms with Crippen LogP contribution in [-0.4, -0.2) is 23.0 Å². The molecule has 120 valence electrons. The third-order valence-electron chi connectivity index (χ3n) is 5.07. The molecule has 0 saturated heterocycles. The fourth-order valence-corrected chi connectivity index (χ4v) is 3.85. The molecule has 2 rings (SSSR count). The van der Waals surface area contributed by atoms with Gasteiger partial charge in [-0.3, -0.25) is 4.79 Å². The van der Waals surface area contributed by atoms with Crippen LogP contribution in [-0.2, 0) is 4.79 Å². The third-order valence-corrected chi connectivity index (χ3v) is 5.07. The predicted octanol–water partition coefficient (Wildman–Crippen LogP) is 2.77. The Labute approximate surface area is 127 Å².